The Morgan fingerprint density at radius 1 is 1.64 bits per heavy atom. The first kappa shape index (κ1) is 8.75. The van der Waals surface area contributed by atoms with Crippen LogP contribution in [0, 0.1) is 0 Å². The summed E-state index contributed by atoms with van der Waals surface area (Å²) in [5.74, 6) is 0. The molecular formula is C9H18N2. The van der Waals surface area contributed by atoms with Gasteiger partial charge in [-0.05, 0) is 13.8 Å². The molecule has 1 fully saturated rings. The van der Waals surface area contributed by atoms with Crippen LogP contribution in [0.15, 0.2) is 12.7 Å². The maximum absolute atomic E-state index is 3.75. The van der Waals surface area contributed by atoms with Crippen LogP contribution in [0.4, 0.5) is 0 Å². The van der Waals surface area contributed by atoms with E-state index in [1.165, 1.54) is 0 Å². The van der Waals surface area contributed by atoms with E-state index >= 15 is 0 Å². The highest BCUT2D eigenvalue weighted by Crippen LogP contribution is 2.05. The van der Waals surface area contributed by atoms with Crippen LogP contribution in [-0.4, -0.2) is 36.6 Å². The number of hydrogen-bond donors (Lipinski definition) is 1. The van der Waals surface area contributed by atoms with E-state index in [4.69, 9.17) is 0 Å². The third-order valence-corrected chi connectivity index (χ3v) is 2.26. The summed E-state index contributed by atoms with van der Waals surface area (Å²) >= 11 is 0. The van der Waals surface area contributed by atoms with Crippen LogP contribution in [0.1, 0.15) is 13.8 Å². The van der Waals surface area contributed by atoms with Crippen molar-refractivity contribution in [1.82, 2.24) is 10.2 Å². The van der Waals surface area contributed by atoms with Crippen LogP contribution in [0.2, 0.25) is 0 Å². The van der Waals surface area contributed by atoms with Gasteiger partial charge in [-0.3, -0.25) is 4.90 Å². The highest BCUT2D eigenvalue weighted by molar-refractivity contribution is 4.85. The van der Waals surface area contributed by atoms with Gasteiger partial charge in [0.05, 0.1) is 0 Å². The van der Waals surface area contributed by atoms with E-state index in [9.17, 15) is 0 Å². The highest BCUT2D eigenvalue weighted by atomic mass is 15.2. The molecule has 0 saturated carbocycles. The van der Waals surface area contributed by atoms with Gasteiger partial charge in [0.25, 0.3) is 0 Å². The maximum atomic E-state index is 3.75. The van der Waals surface area contributed by atoms with Gasteiger partial charge in [-0.15, -0.1) is 6.58 Å². The highest BCUT2D eigenvalue weighted by Gasteiger charge is 2.20. The van der Waals surface area contributed by atoms with Gasteiger partial charge in [-0.25, -0.2) is 0 Å². The minimum atomic E-state index is 0.631. The molecule has 0 aliphatic carbocycles. The Morgan fingerprint density at radius 2 is 2.36 bits per heavy atom. The van der Waals surface area contributed by atoms with E-state index in [0.717, 1.165) is 19.6 Å². The molecule has 1 saturated heterocycles. The van der Waals surface area contributed by atoms with Crippen LogP contribution in [0.3, 0.4) is 0 Å². The molecule has 2 nitrogen and oxygen atoms in total. The predicted octanol–water partition coefficient (Wildman–Crippen LogP) is 0.855. The lowest BCUT2D eigenvalue weighted by Crippen LogP contribution is -2.54. The van der Waals surface area contributed by atoms with Crippen LogP contribution in [0.5, 0.6) is 0 Å². The fourth-order valence-electron chi connectivity index (χ4n) is 1.52. The summed E-state index contributed by atoms with van der Waals surface area (Å²) in [6, 6.07) is 1.29. The smallest absolute Gasteiger partial charge is 0.0196 e. The van der Waals surface area contributed by atoms with Crippen molar-refractivity contribution in [2.75, 3.05) is 19.6 Å². The third-order valence-electron chi connectivity index (χ3n) is 2.26. The maximum Gasteiger partial charge on any atom is 0.0196 e. The number of rotatable bonds is 2. The Balaban J connectivity index is 2.40. The van der Waals surface area contributed by atoms with E-state index in [2.05, 4.69) is 30.6 Å². The molecule has 0 aromatic heterocycles. The minimum Gasteiger partial charge on any atom is -0.311 e. The van der Waals surface area contributed by atoms with Gasteiger partial charge in [0.1, 0.15) is 0 Å². The number of hydrogen-bond acceptors (Lipinski definition) is 2. The van der Waals surface area contributed by atoms with Crippen LogP contribution >= 0.6 is 0 Å². The van der Waals surface area contributed by atoms with Crippen molar-refractivity contribution in [1.29, 1.82) is 0 Å². The Morgan fingerprint density at radius 3 is 3.00 bits per heavy atom. The molecular weight excluding hydrogens is 136 g/mol. The summed E-state index contributed by atoms with van der Waals surface area (Å²) in [4.78, 5) is 2.45. The van der Waals surface area contributed by atoms with E-state index in [1.54, 1.807) is 0 Å². The average molecular weight is 154 g/mol. The van der Waals surface area contributed by atoms with Crippen LogP contribution < -0.4 is 5.32 Å². The molecule has 0 aromatic rings. The van der Waals surface area contributed by atoms with Gasteiger partial charge in [0.15, 0.2) is 0 Å². The molecule has 0 bridgehead atoms. The van der Waals surface area contributed by atoms with Crippen molar-refractivity contribution >= 4 is 0 Å². The first-order valence-corrected chi connectivity index (χ1v) is 4.32. The molecule has 0 amide bonds. The van der Waals surface area contributed by atoms with Crippen molar-refractivity contribution in [2.24, 2.45) is 0 Å². The normalized spacial score (nSPS) is 33.6. The number of piperazine rings is 1. The zero-order valence-corrected chi connectivity index (χ0v) is 7.51. The summed E-state index contributed by atoms with van der Waals surface area (Å²) in [7, 11) is 0. The SMILES string of the molecule is C=CCN1CC(C)NC[C@H]1C. The molecule has 2 atom stereocenters. The Bertz CT molecular complexity index is 134. The molecule has 1 aliphatic rings. The van der Waals surface area contributed by atoms with Gasteiger partial charge in [0.2, 0.25) is 0 Å². The molecule has 64 valence electrons. The summed E-state index contributed by atoms with van der Waals surface area (Å²) < 4.78 is 0. The molecule has 1 rings (SSSR count). The Labute approximate surface area is 69.3 Å². The quantitative estimate of drug-likeness (QED) is 0.593. The molecule has 1 unspecified atom stereocenters. The Kier molecular flexibility index (Phi) is 3.09. The van der Waals surface area contributed by atoms with E-state index in [-0.39, 0.29) is 0 Å². The molecule has 1 aliphatic heterocycles. The molecule has 0 radical (unpaired) electrons. The zero-order chi connectivity index (χ0) is 8.27. The first-order valence-electron chi connectivity index (χ1n) is 4.32. The zero-order valence-electron chi connectivity index (χ0n) is 7.51. The Hall–Kier alpha value is -0.340. The van der Waals surface area contributed by atoms with Crippen molar-refractivity contribution < 1.29 is 0 Å². The fraction of sp³-hybridized carbons (Fsp3) is 0.778. The average Bonchev–Trinajstić information content (AvgIpc) is 1.98. The van der Waals surface area contributed by atoms with E-state index in [1.807, 2.05) is 6.08 Å². The van der Waals surface area contributed by atoms with Crippen molar-refractivity contribution in [2.45, 2.75) is 25.9 Å². The molecule has 11 heavy (non-hydrogen) atoms. The topological polar surface area (TPSA) is 15.3 Å². The summed E-state index contributed by atoms with van der Waals surface area (Å²) in [6.07, 6.45) is 1.98. The minimum absolute atomic E-state index is 0.631. The standard InChI is InChI=1S/C9H18N2/c1-4-5-11-7-8(2)10-6-9(11)3/h4,8-10H,1,5-7H2,2-3H3/t8?,9-/m1/s1. The summed E-state index contributed by atoms with van der Waals surface area (Å²) in [6.45, 7) is 11.5. The van der Waals surface area contributed by atoms with Crippen LogP contribution in [0.25, 0.3) is 0 Å². The number of nitrogens with one attached hydrogen (secondary N) is 1. The van der Waals surface area contributed by atoms with Gasteiger partial charge in [-0.1, -0.05) is 6.08 Å². The largest absolute Gasteiger partial charge is 0.311 e. The second kappa shape index (κ2) is 3.88. The summed E-state index contributed by atoms with van der Waals surface area (Å²) in [5, 5.41) is 3.44. The monoisotopic (exact) mass is 154 g/mol. The second-order valence-electron chi connectivity index (χ2n) is 3.40. The fourth-order valence-corrected chi connectivity index (χ4v) is 1.52. The molecule has 0 spiro atoms. The molecule has 1 N–H and O–H groups in total. The van der Waals surface area contributed by atoms with Gasteiger partial charge < -0.3 is 5.32 Å². The lowest BCUT2D eigenvalue weighted by molar-refractivity contribution is 0.163. The number of nitrogens with zero attached hydrogens (tertiary/aromatic N) is 1. The molecule has 0 aromatic carbocycles. The van der Waals surface area contributed by atoms with E-state index < -0.39 is 0 Å². The van der Waals surface area contributed by atoms with Crippen molar-refractivity contribution in [3.63, 3.8) is 0 Å². The lowest BCUT2D eigenvalue weighted by atomic mass is 10.1. The third kappa shape index (κ3) is 2.31. The van der Waals surface area contributed by atoms with Crippen molar-refractivity contribution in [3.05, 3.63) is 12.7 Å². The second-order valence-corrected chi connectivity index (χ2v) is 3.40. The van der Waals surface area contributed by atoms with Gasteiger partial charge in [0, 0.05) is 31.7 Å². The van der Waals surface area contributed by atoms with Gasteiger partial charge in [-0.2, -0.15) is 0 Å². The van der Waals surface area contributed by atoms with Crippen LogP contribution in [-0.2, 0) is 0 Å². The van der Waals surface area contributed by atoms with Crippen molar-refractivity contribution in [3.8, 4) is 0 Å². The molecule has 1 heterocycles. The lowest BCUT2D eigenvalue weighted by Gasteiger charge is -2.36. The van der Waals surface area contributed by atoms with Gasteiger partial charge >= 0.3 is 0 Å². The summed E-state index contributed by atoms with van der Waals surface area (Å²) in [5.41, 5.74) is 0. The predicted molar refractivity (Wildman–Crippen MR) is 48.7 cm³/mol. The first-order chi connectivity index (χ1) is 5.24. The van der Waals surface area contributed by atoms with E-state index in [0.29, 0.717) is 12.1 Å². The molecule has 2 heteroatoms.